The Kier molecular flexibility index (Phi) is 7.48. The van der Waals surface area contributed by atoms with E-state index in [9.17, 15) is 18.0 Å². The van der Waals surface area contributed by atoms with Crippen LogP contribution in [0.2, 0.25) is 0 Å². The van der Waals surface area contributed by atoms with Crippen LogP contribution in [0.4, 0.5) is 18.9 Å². The highest BCUT2D eigenvalue weighted by molar-refractivity contribution is 5.90. The van der Waals surface area contributed by atoms with E-state index < -0.39 is 11.7 Å². The van der Waals surface area contributed by atoms with Crippen molar-refractivity contribution in [3.63, 3.8) is 0 Å². The van der Waals surface area contributed by atoms with E-state index in [0.717, 1.165) is 17.9 Å². The topological polar surface area (TPSA) is 59.6 Å². The van der Waals surface area contributed by atoms with Crippen LogP contribution in [0.1, 0.15) is 12.0 Å². The summed E-state index contributed by atoms with van der Waals surface area (Å²) in [5, 5.41) is 5.50. The van der Waals surface area contributed by atoms with Crippen molar-refractivity contribution in [3.05, 3.63) is 54.1 Å². The number of ether oxygens (including phenoxy) is 2. The van der Waals surface area contributed by atoms with Crippen LogP contribution in [0, 0.1) is 0 Å². The number of hydrogen-bond donors (Lipinski definition) is 2. The highest BCUT2D eigenvalue weighted by atomic mass is 19.4. The summed E-state index contributed by atoms with van der Waals surface area (Å²) in [5.41, 5.74) is -0.674. The van der Waals surface area contributed by atoms with Gasteiger partial charge in [-0.1, -0.05) is 6.07 Å². The van der Waals surface area contributed by atoms with Crippen molar-refractivity contribution in [1.82, 2.24) is 5.32 Å². The minimum absolute atomic E-state index is 0.123. The van der Waals surface area contributed by atoms with Crippen LogP contribution in [-0.2, 0) is 11.0 Å². The van der Waals surface area contributed by atoms with Crippen LogP contribution in [0.3, 0.4) is 0 Å². The van der Waals surface area contributed by atoms with Gasteiger partial charge in [0.15, 0.2) is 0 Å². The van der Waals surface area contributed by atoms with Crippen LogP contribution >= 0.6 is 0 Å². The molecule has 8 heteroatoms. The zero-order chi connectivity index (χ0) is 19.7. The van der Waals surface area contributed by atoms with Gasteiger partial charge in [-0.3, -0.25) is 4.79 Å². The zero-order valence-corrected chi connectivity index (χ0v) is 14.8. The molecule has 0 aliphatic rings. The molecule has 0 saturated heterocycles. The first-order valence-electron chi connectivity index (χ1n) is 8.33. The minimum atomic E-state index is -4.44. The average molecular weight is 382 g/mol. The first-order valence-corrected chi connectivity index (χ1v) is 8.33. The molecule has 0 saturated carbocycles. The quantitative estimate of drug-likeness (QED) is 0.649. The summed E-state index contributed by atoms with van der Waals surface area (Å²) < 4.78 is 48.5. The second-order valence-electron chi connectivity index (χ2n) is 5.65. The summed E-state index contributed by atoms with van der Waals surface area (Å²) in [6.45, 7) is 1.33. The molecule has 0 spiro atoms. The molecule has 0 aromatic heterocycles. The van der Waals surface area contributed by atoms with Crippen LogP contribution in [0.15, 0.2) is 48.5 Å². The molecule has 0 atom stereocenters. The SMILES string of the molecule is COc1ccc(OCCNCCC(=O)Nc2cccc(C(F)(F)F)c2)cc1. The van der Waals surface area contributed by atoms with Crippen molar-refractivity contribution >= 4 is 11.6 Å². The van der Waals surface area contributed by atoms with Gasteiger partial charge < -0.3 is 20.1 Å². The molecule has 1 amide bonds. The summed E-state index contributed by atoms with van der Waals surface area (Å²) >= 11 is 0. The summed E-state index contributed by atoms with van der Waals surface area (Å²) in [4.78, 5) is 11.8. The third-order valence-corrected chi connectivity index (χ3v) is 3.61. The second kappa shape index (κ2) is 9.82. The number of nitrogens with one attached hydrogen (secondary N) is 2. The monoisotopic (exact) mass is 382 g/mol. The molecule has 0 aliphatic heterocycles. The average Bonchev–Trinajstić information content (AvgIpc) is 2.64. The molecule has 27 heavy (non-hydrogen) atoms. The Morgan fingerprint density at radius 2 is 1.74 bits per heavy atom. The van der Waals surface area contributed by atoms with Crippen LogP contribution in [0.25, 0.3) is 0 Å². The fourth-order valence-electron chi connectivity index (χ4n) is 2.24. The van der Waals surface area contributed by atoms with Crippen LogP contribution in [0.5, 0.6) is 11.5 Å². The molecular formula is C19H21F3N2O3. The molecule has 0 fully saturated rings. The van der Waals surface area contributed by atoms with E-state index in [4.69, 9.17) is 9.47 Å². The van der Waals surface area contributed by atoms with Crippen molar-refractivity contribution in [2.24, 2.45) is 0 Å². The van der Waals surface area contributed by atoms with E-state index in [1.54, 1.807) is 31.4 Å². The number of alkyl halides is 3. The maximum Gasteiger partial charge on any atom is 0.416 e. The van der Waals surface area contributed by atoms with Crippen LogP contribution < -0.4 is 20.1 Å². The Labute approximate surface area is 155 Å². The molecule has 0 aliphatic carbocycles. The van der Waals surface area contributed by atoms with Crippen molar-refractivity contribution in [2.45, 2.75) is 12.6 Å². The number of rotatable bonds is 9. The van der Waals surface area contributed by atoms with Crippen molar-refractivity contribution < 1.29 is 27.4 Å². The molecule has 0 bridgehead atoms. The number of amides is 1. The normalized spacial score (nSPS) is 11.1. The molecule has 5 nitrogen and oxygen atoms in total. The van der Waals surface area contributed by atoms with Gasteiger partial charge >= 0.3 is 6.18 Å². The van der Waals surface area contributed by atoms with Gasteiger partial charge in [0, 0.05) is 25.2 Å². The van der Waals surface area contributed by atoms with Crippen molar-refractivity contribution in [2.75, 3.05) is 32.1 Å². The highest BCUT2D eigenvalue weighted by Crippen LogP contribution is 2.30. The summed E-state index contributed by atoms with van der Waals surface area (Å²) in [7, 11) is 1.59. The minimum Gasteiger partial charge on any atom is -0.497 e. The summed E-state index contributed by atoms with van der Waals surface area (Å²) in [5.74, 6) is 1.09. The first-order chi connectivity index (χ1) is 12.9. The molecular weight excluding hydrogens is 361 g/mol. The zero-order valence-electron chi connectivity index (χ0n) is 14.8. The van der Waals surface area contributed by atoms with E-state index in [1.165, 1.54) is 12.1 Å². The number of benzene rings is 2. The van der Waals surface area contributed by atoms with Gasteiger partial charge in [-0.25, -0.2) is 0 Å². The third kappa shape index (κ3) is 7.18. The lowest BCUT2D eigenvalue weighted by atomic mass is 10.2. The van der Waals surface area contributed by atoms with Gasteiger partial charge in [-0.15, -0.1) is 0 Å². The van der Waals surface area contributed by atoms with E-state index in [1.807, 2.05) is 0 Å². The smallest absolute Gasteiger partial charge is 0.416 e. The highest BCUT2D eigenvalue weighted by Gasteiger charge is 2.30. The Morgan fingerprint density at radius 3 is 2.41 bits per heavy atom. The summed E-state index contributed by atoms with van der Waals surface area (Å²) in [6.07, 6.45) is -4.30. The lowest BCUT2D eigenvalue weighted by Crippen LogP contribution is -2.25. The number of carbonyl (C=O) groups excluding carboxylic acids is 1. The Bertz CT molecular complexity index is 734. The van der Waals surface area contributed by atoms with Gasteiger partial charge in [0.05, 0.1) is 12.7 Å². The number of halogens is 3. The number of hydrogen-bond acceptors (Lipinski definition) is 4. The standard InChI is InChI=1S/C19H21F3N2O3/c1-26-16-5-7-17(8-6-16)27-12-11-23-10-9-18(25)24-15-4-2-3-14(13-15)19(20,21)22/h2-8,13,23H,9-12H2,1H3,(H,24,25). The van der Waals surface area contributed by atoms with Gasteiger partial charge in [0.25, 0.3) is 0 Å². The number of carbonyl (C=O) groups is 1. The largest absolute Gasteiger partial charge is 0.497 e. The van der Waals surface area contributed by atoms with E-state index in [0.29, 0.717) is 25.4 Å². The first kappa shape index (κ1) is 20.6. The van der Waals surface area contributed by atoms with Gasteiger partial charge in [-0.2, -0.15) is 13.2 Å². The van der Waals surface area contributed by atoms with Gasteiger partial charge in [0.1, 0.15) is 18.1 Å². The fraction of sp³-hybridized carbons (Fsp3) is 0.316. The Morgan fingerprint density at radius 1 is 1.04 bits per heavy atom. The molecule has 2 aromatic carbocycles. The predicted octanol–water partition coefficient (Wildman–Crippen LogP) is 3.71. The lowest BCUT2D eigenvalue weighted by molar-refractivity contribution is -0.137. The van der Waals surface area contributed by atoms with Crippen molar-refractivity contribution in [1.29, 1.82) is 0 Å². The Balaban J connectivity index is 1.63. The van der Waals surface area contributed by atoms with E-state index >= 15 is 0 Å². The Hall–Kier alpha value is -2.74. The fourth-order valence-corrected chi connectivity index (χ4v) is 2.24. The molecule has 0 radical (unpaired) electrons. The number of anilines is 1. The van der Waals surface area contributed by atoms with Gasteiger partial charge in [-0.05, 0) is 42.5 Å². The molecule has 2 rings (SSSR count). The second-order valence-corrected chi connectivity index (χ2v) is 5.65. The molecule has 0 unspecified atom stereocenters. The summed E-state index contributed by atoms with van der Waals surface area (Å²) in [6, 6.07) is 11.7. The maximum absolute atomic E-state index is 12.6. The van der Waals surface area contributed by atoms with Crippen LogP contribution in [-0.4, -0.2) is 32.7 Å². The number of methoxy groups -OCH3 is 1. The van der Waals surface area contributed by atoms with Crippen molar-refractivity contribution in [3.8, 4) is 11.5 Å². The third-order valence-electron chi connectivity index (χ3n) is 3.61. The molecule has 2 N–H and O–H groups in total. The molecule has 0 heterocycles. The maximum atomic E-state index is 12.6. The van der Waals surface area contributed by atoms with E-state index in [2.05, 4.69) is 10.6 Å². The molecule has 2 aromatic rings. The molecule has 146 valence electrons. The van der Waals surface area contributed by atoms with Gasteiger partial charge in [0.2, 0.25) is 5.91 Å². The van der Waals surface area contributed by atoms with E-state index in [-0.39, 0.29) is 18.0 Å². The lowest BCUT2D eigenvalue weighted by Gasteiger charge is -2.10. The predicted molar refractivity (Wildman–Crippen MR) is 96.0 cm³/mol.